The van der Waals surface area contributed by atoms with Gasteiger partial charge in [0, 0.05) is 25.0 Å². The first-order valence-corrected chi connectivity index (χ1v) is 7.94. The molecule has 0 bridgehead atoms. The molecule has 0 aliphatic carbocycles. The van der Waals surface area contributed by atoms with E-state index in [0.717, 1.165) is 33.9 Å². The minimum Gasteiger partial charge on any atom is -0.366 e. The summed E-state index contributed by atoms with van der Waals surface area (Å²) in [6.45, 7) is 4.95. The zero-order chi connectivity index (χ0) is 16.8. The third-order valence-electron chi connectivity index (χ3n) is 3.74. The Kier molecular flexibility index (Phi) is 5.78. The second kappa shape index (κ2) is 7.80. The van der Waals surface area contributed by atoms with Gasteiger partial charge in [0.05, 0.1) is 23.7 Å². The highest BCUT2D eigenvalue weighted by molar-refractivity contribution is 6.32. The normalized spacial score (nSPS) is 10.7. The summed E-state index contributed by atoms with van der Waals surface area (Å²) in [4.78, 5) is 6.51. The predicted molar refractivity (Wildman–Crippen MR) is 96.6 cm³/mol. The number of benzene rings is 2. The Morgan fingerprint density at radius 2 is 2.00 bits per heavy atom. The van der Waals surface area contributed by atoms with E-state index in [1.54, 1.807) is 0 Å². The van der Waals surface area contributed by atoms with Crippen LogP contribution in [0.4, 0.5) is 5.69 Å². The van der Waals surface area contributed by atoms with E-state index in [1.807, 2.05) is 61.6 Å². The van der Waals surface area contributed by atoms with Crippen molar-refractivity contribution in [3.8, 4) is 6.07 Å². The van der Waals surface area contributed by atoms with Crippen molar-refractivity contribution in [2.75, 3.05) is 13.6 Å². The number of nitrogens with zero attached hydrogens (tertiary/aromatic N) is 3. The summed E-state index contributed by atoms with van der Waals surface area (Å²) in [6, 6.07) is 13.8. The zero-order valence-electron chi connectivity index (χ0n) is 13.7. The molecule has 118 valence electrons. The average molecular weight is 326 g/mol. The van der Waals surface area contributed by atoms with Gasteiger partial charge in [-0.3, -0.25) is 0 Å². The van der Waals surface area contributed by atoms with E-state index in [9.17, 15) is 5.26 Å². The summed E-state index contributed by atoms with van der Waals surface area (Å²) in [5.41, 5.74) is 4.51. The standard InChI is InChI=1S/C19H20ClN3/c1-4-23(3)13-22-18-9-14(2)19(20)17(11-18)10-15-7-5-6-8-16(15)12-21/h5-9,11,13H,4,10H2,1-3H3. The first-order chi connectivity index (χ1) is 11.0. The number of hydrogen-bond donors (Lipinski definition) is 0. The number of rotatable bonds is 5. The molecule has 0 N–H and O–H groups in total. The SMILES string of the molecule is CCN(C)C=Nc1cc(C)c(Cl)c(Cc2ccccc2C#N)c1. The van der Waals surface area contributed by atoms with Crippen LogP contribution < -0.4 is 0 Å². The fourth-order valence-corrected chi connectivity index (χ4v) is 2.44. The number of halogens is 1. The van der Waals surface area contributed by atoms with Gasteiger partial charge in [-0.25, -0.2) is 4.99 Å². The molecular formula is C19H20ClN3. The number of hydrogen-bond acceptors (Lipinski definition) is 2. The summed E-state index contributed by atoms with van der Waals surface area (Å²) >= 11 is 6.46. The lowest BCUT2D eigenvalue weighted by atomic mass is 9.98. The lowest BCUT2D eigenvalue weighted by molar-refractivity contribution is 0.552. The molecule has 0 heterocycles. The highest BCUT2D eigenvalue weighted by Crippen LogP contribution is 2.29. The minimum absolute atomic E-state index is 0.621. The van der Waals surface area contributed by atoms with Crippen molar-refractivity contribution in [1.29, 1.82) is 5.26 Å². The summed E-state index contributed by atoms with van der Waals surface area (Å²) < 4.78 is 0. The van der Waals surface area contributed by atoms with Gasteiger partial charge in [0.2, 0.25) is 0 Å². The van der Waals surface area contributed by atoms with E-state index in [1.165, 1.54) is 0 Å². The largest absolute Gasteiger partial charge is 0.366 e. The van der Waals surface area contributed by atoms with Crippen LogP contribution >= 0.6 is 11.6 Å². The van der Waals surface area contributed by atoms with Gasteiger partial charge in [-0.1, -0.05) is 29.8 Å². The van der Waals surface area contributed by atoms with Crippen molar-refractivity contribution in [1.82, 2.24) is 4.90 Å². The molecule has 2 rings (SSSR count). The fraction of sp³-hybridized carbons (Fsp3) is 0.263. The van der Waals surface area contributed by atoms with Crippen molar-refractivity contribution in [2.24, 2.45) is 4.99 Å². The van der Waals surface area contributed by atoms with Crippen molar-refractivity contribution in [2.45, 2.75) is 20.3 Å². The molecule has 3 nitrogen and oxygen atoms in total. The van der Waals surface area contributed by atoms with Gasteiger partial charge in [0.15, 0.2) is 0 Å². The van der Waals surface area contributed by atoms with Crippen LogP contribution in [0.3, 0.4) is 0 Å². The van der Waals surface area contributed by atoms with E-state index >= 15 is 0 Å². The molecule has 0 unspecified atom stereocenters. The molecule has 2 aromatic rings. The van der Waals surface area contributed by atoms with Crippen molar-refractivity contribution >= 4 is 23.6 Å². The molecule has 2 aromatic carbocycles. The molecule has 4 heteroatoms. The molecule has 0 amide bonds. The van der Waals surface area contributed by atoms with Crippen molar-refractivity contribution in [3.63, 3.8) is 0 Å². The highest BCUT2D eigenvalue weighted by atomic mass is 35.5. The van der Waals surface area contributed by atoms with E-state index in [2.05, 4.69) is 18.0 Å². The molecule has 0 atom stereocenters. The average Bonchev–Trinajstić information content (AvgIpc) is 2.57. The minimum atomic E-state index is 0.621. The summed E-state index contributed by atoms with van der Waals surface area (Å²) in [5, 5.41) is 9.97. The monoisotopic (exact) mass is 325 g/mol. The van der Waals surface area contributed by atoms with Crippen molar-refractivity contribution < 1.29 is 0 Å². The first-order valence-electron chi connectivity index (χ1n) is 7.56. The Hall–Kier alpha value is -2.31. The Morgan fingerprint density at radius 1 is 1.26 bits per heavy atom. The summed E-state index contributed by atoms with van der Waals surface area (Å²) in [7, 11) is 1.98. The van der Waals surface area contributed by atoms with Gasteiger partial charge in [-0.2, -0.15) is 5.26 Å². The van der Waals surface area contributed by atoms with E-state index in [0.29, 0.717) is 12.0 Å². The van der Waals surface area contributed by atoms with Crippen LogP contribution in [0.25, 0.3) is 0 Å². The van der Waals surface area contributed by atoms with E-state index < -0.39 is 0 Å². The topological polar surface area (TPSA) is 39.4 Å². The number of aliphatic imine (C=N–C) groups is 1. The van der Waals surface area contributed by atoms with Crippen LogP contribution in [0.2, 0.25) is 5.02 Å². The third-order valence-corrected chi connectivity index (χ3v) is 4.28. The molecular weight excluding hydrogens is 306 g/mol. The summed E-state index contributed by atoms with van der Waals surface area (Å²) in [6.07, 6.45) is 2.44. The smallest absolute Gasteiger partial charge is 0.0994 e. The molecule has 0 aromatic heterocycles. The summed E-state index contributed by atoms with van der Waals surface area (Å²) in [5.74, 6) is 0. The number of aryl methyl sites for hydroxylation is 1. The van der Waals surface area contributed by atoms with Crippen LogP contribution in [-0.4, -0.2) is 24.8 Å². The Bertz CT molecular complexity index is 760. The fourth-order valence-electron chi connectivity index (χ4n) is 2.26. The Morgan fingerprint density at radius 3 is 2.70 bits per heavy atom. The zero-order valence-corrected chi connectivity index (χ0v) is 14.4. The first kappa shape index (κ1) is 17.1. The molecule has 0 saturated carbocycles. The molecule has 0 saturated heterocycles. The predicted octanol–water partition coefficient (Wildman–Crippen LogP) is 4.72. The quantitative estimate of drug-likeness (QED) is 0.589. The van der Waals surface area contributed by atoms with Gasteiger partial charge >= 0.3 is 0 Å². The van der Waals surface area contributed by atoms with Gasteiger partial charge in [-0.15, -0.1) is 0 Å². The lowest BCUT2D eigenvalue weighted by Crippen LogP contribution is -2.14. The maximum Gasteiger partial charge on any atom is 0.0994 e. The molecule has 0 aliphatic heterocycles. The lowest BCUT2D eigenvalue weighted by Gasteiger charge is -2.11. The Balaban J connectivity index is 2.37. The Labute approximate surface area is 142 Å². The maximum atomic E-state index is 9.24. The van der Waals surface area contributed by atoms with Gasteiger partial charge in [0.25, 0.3) is 0 Å². The maximum absolute atomic E-state index is 9.24. The highest BCUT2D eigenvalue weighted by Gasteiger charge is 2.09. The second-order valence-electron chi connectivity index (χ2n) is 5.50. The molecule has 0 spiro atoms. The third kappa shape index (κ3) is 4.34. The van der Waals surface area contributed by atoms with E-state index in [4.69, 9.17) is 11.6 Å². The molecule has 23 heavy (non-hydrogen) atoms. The second-order valence-corrected chi connectivity index (χ2v) is 5.88. The van der Waals surface area contributed by atoms with E-state index in [-0.39, 0.29) is 0 Å². The van der Waals surface area contributed by atoms with Crippen molar-refractivity contribution in [3.05, 3.63) is 63.7 Å². The number of nitriles is 1. The molecule has 0 aliphatic rings. The van der Waals surface area contributed by atoms with Gasteiger partial charge in [-0.05, 0) is 48.7 Å². The van der Waals surface area contributed by atoms with Gasteiger partial charge < -0.3 is 4.90 Å². The van der Waals surface area contributed by atoms with Gasteiger partial charge in [0.1, 0.15) is 0 Å². The molecule has 0 radical (unpaired) electrons. The van der Waals surface area contributed by atoms with Crippen LogP contribution in [0.1, 0.15) is 29.2 Å². The molecule has 0 fully saturated rings. The van der Waals surface area contributed by atoms with Crippen LogP contribution in [-0.2, 0) is 6.42 Å². The van der Waals surface area contributed by atoms with Crippen LogP contribution in [0.15, 0.2) is 41.4 Å². The van der Waals surface area contributed by atoms with Crippen LogP contribution in [0, 0.1) is 18.3 Å². The van der Waals surface area contributed by atoms with Crippen LogP contribution in [0.5, 0.6) is 0 Å².